The van der Waals surface area contributed by atoms with Crippen molar-refractivity contribution in [2.24, 2.45) is 28.6 Å². The molecule has 2 heterocycles. The van der Waals surface area contributed by atoms with Crippen LogP contribution in [0.2, 0.25) is 0 Å². The molecule has 0 aromatic rings. The highest BCUT2D eigenvalue weighted by atomic mass is 16.7. The molecule has 0 radical (unpaired) electrons. The minimum Gasteiger partial charge on any atom is -0.393 e. The second-order valence-corrected chi connectivity index (χ2v) is 10.9. The van der Waals surface area contributed by atoms with Gasteiger partial charge in [0, 0.05) is 11.3 Å². The minimum atomic E-state index is -0.610. The van der Waals surface area contributed by atoms with Crippen LogP contribution in [0.4, 0.5) is 0 Å². The first-order valence-electron chi connectivity index (χ1n) is 11.3. The van der Waals surface area contributed by atoms with Crippen LogP contribution in [-0.2, 0) is 14.2 Å². The third-order valence-electron chi connectivity index (χ3n) is 10.1. The van der Waals surface area contributed by atoms with Gasteiger partial charge in [0.25, 0.3) is 0 Å². The number of epoxide rings is 1. The van der Waals surface area contributed by atoms with Gasteiger partial charge in [0.2, 0.25) is 0 Å². The van der Waals surface area contributed by atoms with Gasteiger partial charge >= 0.3 is 0 Å². The van der Waals surface area contributed by atoms with E-state index in [-0.39, 0.29) is 34.6 Å². The normalized spacial score (nSPS) is 59.0. The lowest BCUT2D eigenvalue weighted by atomic mass is 9.45. The predicted octanol–water partition coefficient (Wildman–Crippen LogP) is 2.79. The topological polar surface area (TPSA) is 71.5 Å². The Hall–Kier alpha value is -0.460. The zero-order chi connectivity index (χ0) is 19.5. The molecule has 5 nitrogen and oxygen atoms in total. The Morgan fingerprint density at radius 2 is 1.79 bits per heavy atom. The molecule has 2 saturated heterocycles. The number of allylic oxidation sites excluding steroid dienone is 1. The van der Waals surface area contributed by atoms with E-state index in [4.69, 9.17) is 14.2 Å². The van der Waals surface area contributed by atoms with E-state index in [0.717, 1.165) is 38.5 Å². The molecule has 2 aliphatic heterocycles. The average molecular weight is 391 g/mol. The van der Waals surface area contributed by atoms with Gasteiger partial charge in [0.1, 0.15) is 5.60 Å². The molecular formula is C23H34O5. The number of aliphatic hydroxyl groups excluding tert-OH is 2. The summed E-state index contributed by atoms with van der Waals surface area (Å²) in [4.78, 5) is 0. The van der Waals surface area contributed by atoms with E-state index in [2.05, 4.69) is 26.8 Å². The Kier molecular flexibility index (Phi) is 3.54. The summed E-state index contributed by atoms with van der Waals surface area (Å²) < 4.78 is 18.7. The van der Waals surface area contributed by atoms with Gasteiger partial charge in [-0.05, 0) is 62.7 Å². The summed E-state index contributed by atoms with van der Waals surface area (Å²) in [6.45, 7) is 7.96. The average Bonchev–Trinajstić information content (AvgIpc) is 3.09. The van der Waals surface area contributed by atoms with Crippen LogP contribution >= 0.6 is 0 Å². The van der Waals surface area contributed by atoms with Crippen molar-refractivity contribution in [2.45, 2.75) is 89.0 Å². The fourth-order valence-electron chi connectivity index (χ4n) is 8.56. The van der Waals surface area contributed by atoms with Crippen molar-refractivity contribution in [3.63, 3.8) is 0 Å². The van der Waals surface area contributed by atoms with Crippen LogP contribution in [0.3, 0.4) is 0 Å². The van der Waals surface area contributed by atoms with Crippen LogP contribution in [0.15, 0.2) is 11.6 Å². The van der Waals surface area contributed by atoms with E-state index < -0.39 is 11.9 Å². The highest BCUT2D eigenvalue weighted by molar-refractivity contribution is 5.35. The number of hydrogen-bond donors (Lipinski definition) is 2. The molecule has 0 aromatic heterocycles. The minimum absolute atomic E-state index is 0.0814. The van der Waals surface area contributed by atoms with E-state index >= 15 is 0 Å². The van der Waals surface area contributed by atoms with Crippen LogP contribution in [0.5, 0.6) is 0 Å². The molecule has 0 bridgehead atoms. The van der Waals surface area contributed by atoms with Crippen molar-refractivity contribution < 1.29 is 24.4 Å². The monoisotopic (exact) mass is 390 g/mol. The predicted molar refractivity (Wildman–Crippen MR) is 102 cm³/mol. The number of fused-ring (bicyclic) bond motifs is 3. The number of aliphatic hydroxyl groups is 2. The summed E-state index contributed by atoms with van der Waals surface area (Å²) in [5, 5.41) is 21.8. The van der Waals surface area contributed by atoms with Gasteiger partial charge in [-0.25, -0.2) is 0 Å². The molecule has 5 fully saturated rings. The number of rotatable bonds is 1. The van der Waals surface area contributed by atoms with E-state index in [1.165, 1.54) is 5.57 Å². The van der Waals surface area contributed by atoms with Gasteiger partial charge < -0.3 is 24.4 Å². The molecule has 6 aliphatic rings. The highest BCUT2D eigenvalue weighted by Crippen LogP contribution is 2.77. The molecular weight excluding hydrogens is 356 g/mol. The largest absolute Gasteiger partial charge is 0.393 e. The van der Waals surface area contributed by atoms with Crippen LogP contribution in [-0.4, -0.2) is 53.1 Å². The van der Waals surface area contributed by atoms with Crippen LogP contribution < -0.4 is 0 Å². The summed E-state index contributed by atoms with van der Waals surface area (Å²) in [5.74, 6) is 0.402. The SMILES string of the molecule is CC1([C@H]2CC3OC34[C@@H]3CC=C5CC(O)CC[C@]5(C)[C@H]3CC(O)[C@]24C)OCCO1. The quantitative estimate of drug-likeness (QED) is 0.532. The number of hydrogen-bond acceptors (Lipinski definition) is 5. The first kappa shape index (κ1) is 18.3. The molecule has 4 unspecified atom stereocenters. The van der Waals surface area contributed by atoms with Crippen LogP contribution in [0, 0.1) is 28.6 Å². The van der Waals surface area contributed by atoms with E-state index in [0.29, 0.717) is 25.0 Å². The summed E-state index contributed by atoms with van der Waals surface area (Å²) in [6.07, 6.45) is 7.41. The van der Waals surface area contributed by atoms with Crippen molar-refractivity contribution in [1.29, 1.82) is 0 Å². The number of ether oxygens (including phenoxy) is 3. The van der Waals surface area contributed by atoms with Crippen molar-refractivity contribution >= 4 is 0 Å². The molecule has 0 amide bonds. The first-order chi connectivity index (χ1) is 13.3. The van der Waals surface area contributed by atoms with E-state index in [9.17, 15) is 10.2 Å². The van der Waals surface area contributed by atoms with Gasteiger partial charge in [-0.3, -0.25) is 0 Å². The van der Waals surface area contributed by atoms with Crippen molar-refractivity contribution in [3.05, 3.63) is 11.6 Å². The van der Waals surface area contributed by atoms with Gasteiger partial charge in [-0.1, -0.05) is 25.5 Å². The van der Waals surface area contributed by atoms with E-state index in [1.807, 2.05) is 0 Å². The second kappa shape index (κ2) is 5.42. The molecule has 0 aromatic carbocycles. The molecule has 9 atom stereocenters. The Balaban J connectivity index is 1.41. The molecule has 28 heavy (non-hydrogen) atoms. The molecule has 1 spiro atoms. The maximum Gasteiger partial charge on any atom is 0.169 e. The molecule has 156 valence electrons. The maximum absolute atomic E-state index is 11.6. The Bertz CT molecular complexity index is 729. The lowest BCUT2D eigenvalue weighted by molar-refractivity contribution is -0.252. The fraction of sp³-hybridized carbons (Fsp3) is 0.913. The zero-order valence-electron chi connectivity index (χ0n) is 17.3. The third kappa shape index (κ3) is 1.92. The molecule has 5 heteroatoms. The second-order valence-electron chi connectivity index (χ2n) is 10.9. The van der Waals surface area contributed by atoms with Crippen molar-refractivity contribution in [2.75, 3.05) is 13.2 Å². The van der Waals surface area contributed by atoms with Gasteiger partial charge in [-0.15, -0.1) is 0 Å². The molecule has 3 saturated carbocycles. The molecule has 6 rings (SSSR count). The highest BCUT2D eigenvalue weighted by Gasteiger charge is 2.84. The summed E-state index contributed by atoms with van der Waals surface area (Å²) in [7, 11) is 0. The van der Waals surface area contributed by atoms with Gasteiger partial charge in [-0.2, -0.15) is 0 Å². The summed E-state index contributed by atoms with van der Waals surface area (Å²) >= 11 is 0. The standard InChI is InChI=1S/C23H34O5/c1-20-7-6-14(24)10-13(20)4-5-15-16(20)11-18(25)21(2)17(12-19-23(15,21)28-19)22(3)26-8-9-27-22/h4,14-19,24-25H,5-12H2,1-3H3/t14?,15-,16+,17+,18?,19?,20+,21+,23?/m1/s1. The lowest BCUT2D eigenvalue weighted by Gasteiger charge is -2.60. The Morgan fingerprint density at radius 1 is 1.04 bits per heavy atom. The smallest absolute Gasteiger partial charge is 0.169 e. The first-order valence-corrected chi connectivity index (χ1v) is 11.3. The van der Waals surface area contributed by atoms with Crippen molar-refractivity contribution in [1.82, 2.24) is 0 Å². The van der Waals surface area contributed by atoms with Gasteiger partial charge in [0.05, 0.1) is 31.5 Å². The Labute approximate surface area is 167 Å². The lowest BCUT2D eigenvalue weighted by Crippen LogP contribution is -2.64. The summed E-state index contributed by atoms with van der Waals surface area (Å²) in [5.41, 5.74) is 0.909. The van der Waals surface area contributed by atoms with Gasteiger partial charge in [0.15, 0.2) is 5.79 Å². The van der Waals surface area contributed by atoms with Crippen LogP contribution in [0.1, 0.15) is 59.3 Å². The van der Waals surface area contributed by atoms with Crippen molar-refractivity contribution in [3.8, 4) is 0 Å². The zero-order valence-corrected chi connectivity index (χ0v) is 17.3. The van der Waals surface area contributed by atoms with Crippen LogP contribution in [0.25, 0.3) is 0 Å². The summed E-state index contributed by atoms with van der Waals surface area (Å²) in [6, 6.07) is 0. The fourth-order valence-corrected chi connectivity index (χ4v) is 8.56. The Morgan fingerprint density at radius 3 is 2.54 bits per heavy atom. The molecule has 2 N–H and O–H groups in total. The van der Waals surface area contributed by atoms with E-state index in [1.54, 1.807) is 0 Å². The third-order valence-corrected chi connectivity index (χ3v) is 10.1. The maximum atomic E-state index is 11.6. The molecule has 4 aliphatic carbocycles.